The zero-order valence-electron chi connectivity index (χ0n) is 18.7. The summed E-state index contributed by atoms with van der Waals surface area (Å²) in [6.07, 6.45) is -1.68. The first kappa shape index (κ1) is 27.3. The highest BCUT2D eigenvalue weighted by molar-refractivity contribution is 8.01. The van der Waals surface area contributed by atoms with Gasteiger partial charge in [-0.2, -0.15) is 13.2 Å². The molecular weight excluding hydrogens is 541 g/mol. The van der Waals surface area contributed by atoms with Gasteiger partial charge in [-0.15, -0.1) is 10.2 Å². The van der Waals surface area contributed by atoms with Crippen LogP contribution in [-0.4, -0.2) is 42.0 Å². The number of methoxy groups -OCH3 is 2. The van der Waals surface area contributed by atoms with E-state index in [0.717, 1.165) is 41.3 Å². The van der Waals surface area contributed by atoms with Crippen LogP contribution in [0, 0.1) is 0 Å². The Bertz CT molecular complexity index is 1280. The SMILES string of the molecule is COc1ccc(/C=C/C(=O)Nc2nnc(SCC(=O)Nc3cc(C(F)(F)F)ccc3Cl)s2)cc1OC. The summed E-state index contributed by atoms with van der Waals surface area (Å²) in [5.41, 5.74) is -0.369. The summed E-state index contributed by atoms with van der Waals surface area (Å²) in [7, 11) is 3.03. The highest BCUT2D eigenvalue weighted by Gasteiger charge is 2.31. The van der Waals surface area contributed by atoms with Gasteiger partial charge in [0.15, 0.2) is 15.8 Å². The fourth-order valence-electron chi connectivity index (χ4n) is 2.71. The van der Waals surface area contributed by atoms with Crippen molar-refractivity contribution < 1.29 is 32.2 Å². The first-order chi connectivity index (χ1) is 17.1. The second-order valence-corrected chi connectivity index (χ2v) is 9.45. The van der Waals surface area contributed by atoms with Crippen LogP contribution in [-0.2, 0) is 15.8 Å². The monoisotopic (exact) mass is 558 g/mol. The van der Waals surface area contributed by atoms with Gasteiger partial charge in [0.2, 0.25) is 16.9 Å². The van der Waals surface area contributed by atoms with Crippen molar-refractivity contribution in [1.82, 2.24) is 10.2 Å². The minimum atomic E-state index is -4.57. The van der Waals surface area contributed by atoms with Gasteiger partial charge >= 0.3 is 6.18 Å². The van der Waals surface area contributed by atoms with E-state index >= 15 is 0 Å². The van der Waals surface area contributed by atoms with Crippen LogP contribution in [0.25, 0.3) is 6.08 Å². The predicted octanol–water partition coefficient (Wildman–Crippen LogP) is 5.61. The summed E-state index contributed by atoms with van der Waals surface area (Å²) in [6, 6.07) is 7.82. The molecule has 0 unspecified atom stereocenters. The van der Waals surface area contributed by atoms with E-state index in [1.54, 1.807) is 24.3 Å². The Morgan fingerprint density at radius 1 is 1.08 bits per heavy atom. The number of nitrogens with one attached hydrogen (secondary N) is 2. The maximum absolute atomic E-state index is 12.9. The van der Waals surface area contributed by atoms with E-state index in [2.05, 4.69) is 20.8 Å². The van der Waals surface area contributed by atoms with Crippen molar-refractivity contribution in [2.75, 3.05) is 30.6 Å². The third kappa shape index (κ3) is 7.60. The number of hydrogen-bond donors (Lipinski definition) is 2. The number of aromatic nitrogens is 2. The molecule has 0 aliphatic carbocycles. The summed E-state index contributed by atoms with van der Waals surface area (Å²) in [4.78, 5) is 24.4. The Kier molecular flexibility index (Phi) is 9.18. The molecule has 2 amide bonds. The standard InChI is InChI=1S/C22H18ClF3N4O4S2/c1-33-16-7-3-12(9-17(16)34-2)4-8-18(31)28-20-29-30-21(36-20)35-11-19(32)27-15-10-13(22(24,25)26)5-6-14(15)23/h3-10H,11H2,1-2H3,(H,27,32)(H,28,29,31)/b8-4+. The molecule has 3 rings (SSSR count). The first-order valence-corrected chi connectivity index (χ1v) is 12.1. The molecule has 0 saturated carbocycles. The molecule has 0 fully saturated rings. The van der Waals surface area contributed by atoms with Crippen LogP contribution in [0.3, 0.4) is 0 Å². The number of rotatable bonds is 9. The first-order valence-electron chi connectivity index (χ1n) is 9.93. The van der Waals surface area contributed by atoms with Gasteiger partial charge < -0.3 is 14.8 Å². The molecule has 3 aromatic rings. The summed E-state index contributed by atoms with van der Waals surface area (Å²) in [6.45, 7) is 0. The van der Waals surface area contributed by atoms with Gasteiger partial charge in [-0.1, -0.05) is 40.8 Å². The molecule has 0 spiro atoms. The summed E-state index contributed by atoms with van der Waals surface area (Å²) >= 11 is 7.92. The lowest BCUT2D eigenvalue weighted by molar-refractivity contribution is -0.137. The molecule has 1 heterocycles. The van der Waals surface area contributed by atoms with E-state index in [-0.39, 0.29) is 21.6 Å². The van der Waals surface area contributed by atoms with E-state index in [4.69, 9.17) is 21.1 Å². The van der Waals surface area contributed by atoms with Gasteiger partial charge in [-0.25, -0.2) is 0 Å². The van der Waals surface area contributed by atoms with Crippen molar-refractivity contribution in [2.45, 2.75) is 10.5 Å². The summed E-state index contributed by atoms with van der Waals surface area (Å²) < 4.78 is 49.4. The molecule has 0 atom stereocenters. The van der Waals surface area contributed by atoms with Crippen molar-refractivity contribution in [3.63, 3.8) is 0 Å². The van der Waals surface area contributed by atoms with Gasteiger partial charge in [-0.05, 0) is 42.0 Å². The minimum absolute atomic E-state index is 0.0246. The molecule has 14 heteroatoms. The molecule has 0 radical (unpaired) electrons. The number of carbonyl (C=O) groups excluding carboxylic acids is 2. The molecular formula is C22H18ClF3N4O4S2. The number of thioether (sulfide) groups is 1. The zero-order valence-corrected chi connectivity index (χ0v) is 21.1. The maximum Gasteiger partial charge on any atom is 0.416 e. The van der Waals surface area contributed by atoms with E-state index in [9.17, 15) is 22.8 Å². The minimum Gasteiger partial charge on any atom is -0.493 e. The second kappa shape index (κ2) is 12.1. The summed E-state index contributed by atoms with van der Waals surface area (Å²) in [5.74, 6) is -0.113. The van der Waals surface area contributed by atoms with Crippen molar-refractivity contribution in [3.8, 4) is 11.5 Å². The fourth-order valence-corrected chi connectivity index (χ4v) is 4.42. The van der Waals surface area contributed by atoms with Gasteiger partial charge in [0.05, 0.1) is 36.2 Å². The molecule has 190 valence electrons. The van der Waals surface area contributed by atoms with E-state index in [1.807, 2.05) is 0 Å². The summed E-state index contributed by atoms with van der Waals surface area (Å²) in [5, 5.41) is 12.8. The number of anilines is 2. The third-order valence-electron chi connectivity index (χ3n) is 4.37. The van der Waals surface area contributed by atoms with Crippen molar-refractivity contribution in [1.29, 1.82) is 0 Å². The average molecular weight is 559 g/mol. The van der Waals surface area contributed by atoms with Crippen molar-refractivity contribution in [2.24, 2.45) is 0 Å². The zero-order chi connectivity index (χ0) is 26.3. The van der Waals surface area contributed by atoms with Crippen LogP contribution < -0.4 is 20.1 Å². The lowest BCUT2D eigenvalue weighted by atomic mass is 10.2. The largest absolute Gasteiger partial charge is 0.493 e. The van der Waals surface area contributed by atoms with Gasteiger partial charge in [-0.3, -0.25) is 14.9 Å². The molecule has 0 aliphatic heterocycles. The quantitative estimate of drug-likeness (QED) is 0.200. The molecule has 1 aromatic heterocycles. The number of carbonyl (C=O) groups is 2. The van der Waals surface area contributed by atoms with E-state index in [0.29, 0.717) is 21.4 Å². The Labute approximate surface area is 216 Å². The number of ether oxygens (including phenoxy) is 2. The molecule has 0 saturated heterocycles. The number of benzene rings is 2. The molecule has 2 aromatic carbocycles. The second-order valence-electron chi connectivity index (χ2n) is 6.84. The Balaban J connectivity index is 1.52. The fraction of sp³-hybridized carbons (Fsp3) is 0.182. The number of amides is 2. The third-order valence-corrected chi connectivity index (χ3v) is 6.67. The lowest BCUT2D eigenvalue weighted by Gasteiger charge is -2.11. The van der Waals surface area contributed by atoms with Crippen LogP contribution >= 0.6 is 34.7 Å². The molecule has 2 N–H and O–H groups in total. The normalized spacial score (nSPS) is 11.4. The van der Waals surface area contributed by atoms with E-state index in [1.165, 1.54) is 20.3 Å². The molecule has 36 heavy (non-hydrogen) atoms. The molecule has 0 aliphatic rings. The lowest BCUT2D eigenvalue weighted by Crippen LogP contribution is -2.15. The number of alkyl halides is 3. The highest BCUT2D eigenvalue weighted by Crippen LogP contribution is 2.34. The smallest absolute Gasteiger partial charge is 0.416 e. The molecule has 0 bridgehead atoms. The van der Waals surface area contributed by atoms with Crippen LogP contribution in [0.4, 0.5) is 24.0 Å². The number of nitrogens with zero attached hydrogens (tertiary/aromatic N) is 2. The highest BCUT2D eigenvalue weighted by atomic mass is 35.5. The Morgan fingerprint density at radius 3 is 2.53 bits per heavy atom. The van der Waals surface area contributed by atoms with Gasteiger partial charge in [0, 0.05) is 6.08 Å². The Morgan fingerprint density at radius 2 is 1.83 bits per heavy atom. The van der Waals surface area contributed by atoms with Gasteiger partial charge in [0.1, 0.15) is 0 Å². The average Bonchev–Trinajstić information content (AvgIpc) is 3.29. The van der Waals surface area contributed by atoms with Crippen LogP contribution in [0.5, 0.6) is 11.5 Å². The van der Waals surface area contributed by atoms with E-state index < -0.39 is 23.6 Å². The number of halogens is 4. The van der Waals surface area contributed by atoms with Crippen molar-refractivity contribution >= 4 is 63.4 Å². The topological polar surface area (TPSA) is 102 Å². The molecule has 8 nitrogen and oxygen atoms in total. The predicted molar refractivity (Wildman–Crippen MR) is 133 cm³/mol. The van der Waals surface area contributed by atoms with Crippen LogP contribution in [0.1, 0.15) is 11.1 Å². The van der Waals surface area contributed by atoms with Gasteiger partial charge in [0.25, 0.3) is 0 Å². The van der Waals surface area contributed by atoms with Crippen molar-refractivity contribution in [3.05, 3.63) is 58.6 Å². The Hall–Kier alpha value is -3.29. The number of hydrogen-bond acceptors (Lipinski definition) is 8. The van der Waals surface area contributed by atoms with Crippen LogP contribution in [0.2, 0.25) is 5.02 Å². The maximum atomic E-state index is 12.9. The van der Waals surface area contributed by atoms with Crippen LogP contribution in [0.15, 0.2) is 46.8 Å².